The zero-order valence-corrected chi connectivity index (χ0v) is 21.0. The number of aliphatic carboxylic acids is 1. The van der Waals surface area contributed by atoms with Crippen molar-refractivity contribution in [3.8, 4) is 0 Å². The van der Waals surface area contributed by atoms with Gasteiger partial charge in [0.05, 0.1) is 18.1 Å². The predicted octanol–water partition coefficient (Wildman–Crippen LogP) is 1.64. The summed E-state index contributed by atoms with van der Waals surface area (Å²) in [6, 6.07) is -0.988. The van der Waals surface area contributed by atoms with Crippen molar-refractivity contribution < 1.29 is 34.3 Å². The minimum atomic E-state index is -1.65. The molecule has 0 spiro atoms. The number of oxime groups is 1. The van der Waals surface area contributed by atoms with Gasteiger partial charge in [-0.3, -0.25) is 29.0 Å². The molecule has 4 rings (SSSR count). The van der Waals surface area contributed by atoms with E-state index in [-0.39, 0.29) is 6.42 Å². The van der Waals surface area contributed by atoms with E-state index in [1.165, 1.54) is 17.1 Å². The van der Waals surface area contributed by atoms with Crippen molar-refractivity contribution in [1.82, 2.24) is 15.3 Å². The quantitative estimate of drug-likeness (QED) is 0.510. The summed E-state index contributed by atoms with van der Waals surface area (Å²) in [4.78, 5) is 53.3. The van der Waals surface area contributed by atoms with Crippen LogP contribution < -0.4 is 5.48 Å². The largest absolute Gasteiger partial charge is 0.481 e. The van der Waals surface area contributed by atoms with Crippen molar-refractivity contribution in [1.29, 1.82) is 0 Å². The van der Waals surface area contributed by atoms with Gasteiger partial charge in [-0.15, -0.1) is 0 Å². The molecule has 11 heteroatoms. The van der Waals surface area contributed by atoms with E-state index in [0.717, 1.165) is 4.90 Å². The number of hydrogen-bond donors (Lipinski definition) is 3. The fourth-order valence-electron chi connectivity index (χ4n) is 5.46. The number of carbonyl (C=O) groups is 3. The number of rotatable bonds is 6. The summed E-state index contributed by atoms with van der Waals surface area (Å²) in [5, 5.41) is 25.8. The molecule has 4 aliphatic rings. The van der Waals surface area contributed by atoms with Crippen LogP contribution in [0.5, 0.6) is 0 Å². The van der Waals surface area contributed by atoms with E-state index in [4.69, 9.17) is 9.68 Å². The Morgan fingerprint density at radius 1 is 1.17 bits per heavy atom. The third-order valence-corrected chi connectivity index (χ3v) is 7.89. The SMILES string of the molecule is CCC1(C)CC(N2C(=O)C=C(C)C2C(C(=O)O)C2(N3C(=O)C=C(C)C3O)CC(C)(CC)ON2)=NO1. The van der Waals surface area contributed by atoms with Gasteiger partial charge < -0.3 is 15.1 Å². The summed E-state index contributed by atoms with van der Waals surface area (Å²) < 4.78 is 0. The van der Waals surface area contributed by atoms with Crippen LogP contribution in [0, 0.1) is 5.92 Å². The smallest absolute Gasteiger partial charge is 0.312 e. The molecular weight excluding hydrogens is 456 g/mol. The van der Waals surface area contributed by atoms with Crippen LogP contribution in [0.3, 0.4) is 0 Å². The maximum Gasteiger partial charge on any atom is 0.312 e. The molecule has 0 aromatic heterocycles. The van der Waals surface area contributed by atoms with Crippen LogP contribution in [-0.2, 0) is 24.1 Å². The van der Waals surface area contributed by atoms with Gasteiger partial charge in [-0.05, 0) is 51.7 Å². The molecule has 6 atom stereocenters. The van der Waals surface area contributed by atoms with Gasteiger partial charge in [-0.1, -0.05) is 19.0 Å². The van der Waals surface area contributed by atoms with Crippen LogP contribution in [0.25, 0.3) is 0 Å². The third-order valence-electron chi connectivity index (χ3n) is 7.89. The van der Waals surface area contributed by atoms with Crippen molar-refractivity contribution in [2.45, 2.75) is 96.4 Å². The van der Waals surface area contributed by atoms with Crippen molar-refractivity contribution in [3.05, 3.63) is 23.3 Å². The van der Waals surface area contributed by atoms with Gasteiger partial charge >= 0.3 is 5.97 Å². The van der Waals surface area contributed by atoms with Crippen LogP contribution in [0.1, 0.15) is 67.2 Å². The fourth-order valence-corrected chi connectivity index (χ4v) is 5.46. The first-order chi connectivity index (χ1) is 16.3. The minimum absolute atomic E-state index is 0.0822. The lowest BCUT2D eigenvalue weighted by atomic mass is 9.76. The molecule has 35 heavy (non-hydrogen) atoms. The molecule has 1 fully saturated rings. The average Bonchev–Trinajstić information content (AvgIpc) is 3.49. The molecule has 4 aliphatic heterocycles. The van der Waals surface area contributed by atoms with E-state index in [1.807, 2.05) is 27.7 Å². The maximum atomic E-state index is 13.1. The highest BCUT2D eigenvalue weighted by Crippen LogP contribution is 2.47. The Morgan fingerprint density at radius 3 is 2.29 bits per heavy atom. The molecule has 192 valence electrons. The number of amidine groups is 1. The van der Waals surface area contributed by atoms with Gasteiger partial charge in [-0.2, -0.15) is 5.48 Å². The summed E-state index contributed by atoms with van der Waals surface area (Å²) in [7, 11) is 0. The average molecular weight is 491 g/mol. The van der Waals surface area contributed by atoms with Crippen molar-refractivity contribution in [2.24, 2.45) is 11.1 Å². The number of hydroxylamine groups is 1. The lowest BCUT2D eigenvalue weighted by Gasteiger charge is -2.47. The monoisotopic (exact) mass is 490 g/mol. The number of nitrogens with one attached hydrogen (secondary N) is 1. The van der Waals surface area contributed by atoms with Crippen LogP contribution in [-0.4, -0.2) is 72.8 Å². The van der Waals surface area contributed by atoms with E-state index in [0.29, 0.717) is 36.2 Å². The summed E-state index contributed by atoms with van der Waals surface area (Å²) >= 11 is 0. The maximum absolute atomic E-state index is 13.1. The lowest BCUT2D eigenvalue weighted by Crippen LogP contribution is -2.69. The second kappa shape index (κ2) is 8.42. The predicted molar refractivity (Wildman–Crippen MR) is 124 cm³/mol. The van der Waals surface area contributed by atoms with E-state index in [1.54, 1.807) is 13.8 Å². The third kappa shape index (κ3) is 3.85. The topological polar surface area (TPSA) is 141 Å². The van der Waals surface area contributed by atoms with Crippen LogP contribution in [0.15, 0.2) is 28.5 Å². The Balaban J connectivity index is 1.84. The number of aliphatic hydroxyl groups excluding tert-OH is 1. The molecule has 0 bridgehead atoms. The summed E-state index contributed by atoms with van der Waals surface area (Å²) in [6.45, 7) is 10.8. The molecule has 6 unspecified atom stereocenters. The first-order valence-electron chi connectivity index (χ1n) is 12.0. The molecule has 0 radical (unpaired) electrons. The van der Waals surface area contributed by atoms with Crippen LogP contribution >= 0.6 is 0 Å². The van der Waals surface area contributed by atoms with Gasteiger partial charge in [0.2, 0.25) is 0 Å². The van der Waals surface area contributed by atoms with Gasteiger partial charge in [0.25, 0.3) is 11.8 Å². The summed E-state index contributed by atoms with van der Waals surface area (Å²) in [5.74, 6) is -3.25. The molecule has 0 aliphatic carbocycles. The Bertz CT molecular complexity index is 1050. The van der Waals surface area contributed by atoms with Gasteiger partial charge in [0.1, 0.15) is 17.2 Å². The highest BCUT2D eigenvalue weighted by Gasteiger charge is 2.64. The molecular formula is C24H34N4O7. The lowest BCUT2D eigenvalue weighted by molar-refractivity contribution is -0.172. The number of carbonyl (C=O) groups excluding carboxylic acids is 2. The van der Waals surface area contributed by atoms with Crippen molar-refractivity contribution >= 4 is 23.6 Å². The zero-order chi connectivity index (χ0) is 25.9. The Hall–Kier alpha value is -2.76. The highest BCUT2D eigenvalue weighted by molar-refractivity contribution is 6.07. The molecule has 1 saturated heterocycles. The normalized spacial score (nSPS) is 38.0. The standard InChI is InChI=1S/C24H34N4O7/c1-7-22(5)11-15(25-34-22)27-16(29)9-13(3)19(27)18(21(32)33)24(12-23(6,8-2)35-26-24)28-17(30)10-14(4)20(28)31/h9-10,18-20,26,31H,7-8,11-12H2,1-6H3,(H,32,33). The first-order valence-corrected chi connectivity index (χ1v) is 12.0. The van der Waals surface area contributed by atoms with Gasteiger partial charge in [-0.25, -0.2) is 0 Å². The zero-order valence-electron chi connectivity index (χ0n) is 21.0. The Kier molecular flexibility index (Phi) is 6.10. The van der Waals surface area contributed by atoms with Crippen molar-refractivity contribution in [2.75, 3.05) is 0 Å². The number of amides is 2. The number of nitrogens with zero attached hydrogens (tertiary/aromatic N) is 3. The minimum Gasteiger partial charge on any atom is -0.481 e. The number of carboxylic acid groups (broad SMARTS) is 1. The van der Waals surface area contributed by atoms with E-state index in [9.17, 15) is 24.6 Å². The van der Waals surface area contributed by atoms with Gasteiger partial charge in [0, 0.05) is 18.6 Å². The van der Waals surface area contributed by atoms with E-state index >= 15 is 0 Å². The molecule has 0 aromatic carbocycles. The van der Waals surface area contributed by atoms with Gasteiger partial charge in [0.15, 0.2) is 12.1 Å². The molecule has 11 nitrogen and oxygen atoms in total. The number of hydrogen-bond acceptors (Lipinski definition) is 8. The van der Waals surface area contributed by atoms with Crippen molar-refractivity contribution in [3.63, 3.8) is 0 Å². The molecule has 3 N–H and O–H groups in total. The van der Waals surface area contributed by atoms with E-state index in [2.05, 4.69) is 10.6 Å². The Labute approximate surface area is 204 Å². The fraction of sp³-hybridized carbons (Fsp3) is 0.667. The molecule has 2 amide bonds. The molecule has 4 heterocycles. The first kappa shape index (κ1) is 25.3. The Morgan fingerprint density at radius 2 is 1.80 bits per heavy atom. The van der Waals surface area contributed by atoms with Crippen LogP contribution in [0.2, 0.25) is 0 Å². The highest BCUT2D eigenvalue weighted by atomic mass is 16.7. The summed E-state index contributed by atoms with van der Waals surface area (Å²) in [5.41, 5.74) is 0.685. The van der Waals surface area contributed by atoms with Crippen LogP contribution in [0.4, 0.5) is 0 Å². The number of carboxylic acids is 1. The molecule has 0 saturated carbocycles. The molecule has 0 aromatic rings. The second-order valence-corrected chi connectivity index (χ2v) is 10.5. The second-order valence-electron chi connectivity index (χ2n) is 10.5. The van der Waals surface area contributed by atoms with E-state index < -0.39 is 52.8 Å². The number of aliphatic hydroxyl groups is 1. The summed E-state index contributed by atoms with van der Waals surface area (Å²) in [6.07, 6.45) is 2.92.